The summed E-state index contributed by atoms with van der Waals surface area (Å²) in [7, 11) is 0. The standard InChI is InChI=1S/C16H16O2/c1-16(2)11-10-13-7-4-3-6-12(13)8-5-9-14(17)15(16)18/h7-8,15,18H,3-4,6H2,1-2H3/b12-8-. The van der Waals surface area contributed by atoms with Crippen LogP contribution in [0.25, 0.3) is 0 Å². The van der Waals surface area contributed by atoms with Crippen molar-refractivity contribution in [2.45, 2.75) is 39.2 Å². The predicted molar refractivity (Wildman–Crippen MR) is 70.4 cm³/mol. The van der Waals surface area contributed by atoms with E-state index in [2.05, 4.69) is 29.8 Å². The van der Waals surface area contributed by atoms with Crippen LogP contribution in [0.2, 0.25) is 0 Å². The molecular formula is C16H16O2. The van der Waals surface area contributed by atoms with Gasteiger partial charge in [-0.1, -0.05) is 23.8 Å². The van der Waals surface area contributed by atoms with Crippen LogP contribution < -0.4 is 0 Å². The molecule has 2 aliphatic carbocycles. The molecule has 2 heteroatoms. The number of rotatable bonds is 0. The summed E-state index contributed by atoms with van der Waals surface area (Å²) in [5.41, 5.74) is 1.32. The van der Waals surface area contributed by atoms with Gasteiger partial charge in [0.2, 0.25) is 5.78 Å². The molecule has 0 amide bonds. The van der Waals surface area contributed by atoms with Gasteiger partial charge in [0.1, 0.15) is 6.10 Å². The molecule has 1 unspecified atom stereocenters. The largest absolute Gasteiger partial charge is 0.383 e. The van der Waals surface area contributed by atoms with Gasteiger partial charge in [-0.25, -0.2) is 0 Å². The zero-order valence-electron chi connectivity index (χ0n) is 10.7. The van der Waals surface area contributed by atoms with E-state index in [-0.39, 0.29) is 0 Å². The number of aliphatic hydroxyl groups is 1. The van der Waals surface area contributed by atoms with Crippen LogP contribution in [0, 0.1) is 29.1 Å². The molecule has 0 bridgehead atoms. The van der Waals surface area contributed by atoms with Gasteiger partial charge in [-0.05, 0) is 50.7 Å². The molecule has 0 heterocycles. The van der Waals surface area contributed by atoms with Gasteiger partial charge in [0, 0.05) is 5.57 Å². The molecular weight excluding hydrogens is 224 g/mol. The summed E-state index contributed by atoms with van der Waals surface area (Å²) in [6.07, 6.45) is 5.77. The minimum absolute atomic E-state index is 0.464. The van der Waals surface area contributed by atoms with Crippen LogP contribution in [0.3, 0.4) is 0 Å². The Morgan fingerprint density at radius 2 is 2.17 bits per heavy atom. The second-order valence-electron chi connectivity index (χ2n) is 5.19. The topological polar surface area (TPSA) is 37.3 Å². The summed E-state index contributed by atoms with van der Waals surface area (Å²) < 4.78 is 0. The Labute approximate surface area is 108 Å². The lowest BCUT2D eigenvalue weighted by Gasteiger charge is -2.22. The summed E-state index contributed by atoms with van der Waals surface area (Å²) in [6.45, 7) is 3.53. The molecule has 2 aliphatic rings. The van der Waals surface area contributed by atoms with E-state index in [1.165, 1.54) is 0 Å². The van der Waals surface area contributed by atoms with Crippen molar-refractivity contribution in [3.05, 3.63) is 23.3 Å². The number of carbonyl (C=O) groups excluding carboxylic acids is 1. The molecule has 2 rings (SSSR count). The highest BCUT2D eigenvalue weighted by atomic mass is 16.3. The van der Waals surface area contributed by atoms with E-state index in [0.717, 1.165) is 30.4 Å². The minimum atomic E-state index is -1.16. The first-order valence-corrected chi connectivity index (χ1v) is 6.17. The number of ketones is 1. The van der Waals surface area contributed by atoms with Gasteiger partial charge in [0.15, 0.2) is 0 Å². The summed E-state index contributed by atoms with van der Waals surface area (Å²) in [5.74, 6) is 10.9. The molecule has 92 valence electrons. The molecule has 1 N–H and O–H groups in total. The van der Waals surface area contributed by atoms with E-state index in [4.69, 9.17) is 0 Å². The van der Waals surface area contributed by atoms with Crippen molar-refractivity contribution < 1.29 is 9.90 Å². The summed E-state index contributed by atoms with van der Waals surface area (Å²) in [4.78, 5) is 11.7. The molecule has 0 aliphatic heterocycles. The fraction of sp³-hybridized carbons (Fsp3) is 0.438. The van der Waals surface area contributed by atoms with Crippen LogP contribution >= 0.6 is 0 Å². The van der Waals surface area contributed by atoms with E-state index >= 15 is 0 Å². The number of Topliss-reactive ketones (excluding diaryl/α,β-unsaturated/α-hetero) is 1. The summed E-state index contributed by atoms with van der Waals surface area (Å²) in [5, 5.41) is 9.93. The van der Waals surface area contributed by atoms with Crippen LogP contribution in [0.1, 0.15) is 33.1 Å². The molecule has 0 saturated heterocycles. The second kappa shape index (κ2) is 4.84. The number of allylic oxidation sites excluding steroid dienone is 4. The van der Waals surface area contributed by atoms with Gasteiger partial charge in [-0.15, -0.1) is 0 Å². The zero-order valence-corrected chi connectivity index (χ0v) is 10.7. The SMILES string of the molecule is CC1(C)C#CC2=CCCC/C2=C/C#CC(=O)C1O. The lowest BCUT2D eigenvalue weighted by Crippen LogP contribution is -2.34. The number of fused-ring (bicyclic) bond motifs is 1. The van der Waals surface area contributed by atoms with Crippen molar-refractivity contribution in [1.29, 1.82) is 0 Å². The molecule has 0 fully saturated rings. The Hall–Kier alpha value is -1.77. The maximum Gasteiger partial charge on any atom is 0.235 e. The first-order valence-electron chi connectivity index (χ1n) is 6.17. The maximum atomic E-state index is 11.7. The Balaban J connectivity index is 2.51. The van der Waals surface area contributed by atoms with Gasteiger partial charge in [-0.3, -0.25) is 4.79 Å². The minimum Gasteiger partial charge on any atom is -0.383 e. The Morgan fingerprint density at radius 1 is 1.39 bits per heavy atom. The molecule has 1 atom stereocenters. The molecule has 0 saturated carbocycles. The van der Waals surface area contributed by atoms with Crippen molar-refractivity contribution in [3.63, 3.8) is 0 Å². The van der Waals surface area contributed by atoms with Crippen LogP contribution in [-0.2, 0) is 4.79 Å². The first kappa shape index (κ1) is 12.7. The molecule has 2 nitrogen and oxygen atoms in total. The Morgan fingerprint density at radius 3 is 2.94 bits per heavy atom. The molecule has 0 aromatic carbocycles. The lowest BCUT2D eigenvalue weighted by atomic mass is 9.83. The summed E-state index contributed by atoms with van der Waals surface area (Å²) in [6, 6.07) is 0. The molecule has 0 spiro atoms. The van der Waals surface area contributed by atoms with E-state index in [0.29, 0.717) is 0 Å². The highest BCUT2D eigenvalue weighted by Gasteiger charge is 2.31. The van der Waals surface area contributed by atoms with Crippen molar-refractivity contribution >= 4 is 5.78 Å². The van der Waals surface area contributed by atoms with E-state index < -0.39 is 17.3 Å². The van der Waals surface area contributed by atoms with E-state index in [1.807, 2.05) is 0 Å². The van der Waals surface area contributed by atoms with Gasteiger partial charge in [-0.2, -0.15) is 0 Å². The molecule has 0 aromatic rings. The van der Waals surface area contributed by atoms with E-state index in [9.17, 15) is 9.90 Å². The smallest absolute Gasteiger partial charge is 0.235 e. The maximum absolute atomic E-state index is 11.7. The third kappa shape index (κ3) is 2.55. The monoisotopic (exact) mass is 240 g/mol. The average Bonchev–Trinajstić information content (AvgIpc) is 2.35. The molecule has 0 radical (unpaired) electrons. The van der Waals surface area contributed by atoms with Crippen LogP contribution in [0.15, 0.2) is 23.3 Å². The van der Waals surface area contributed by atoms with Crippen molar-refractivity contribution in [2.24, 2.45) is 5.41 Å². The van der Waals surface area contributed by atoms with Crippen molar-refractivity contribution in [2.75, 3.05) is 0 Å². The van der Waals surface area contributed by atoms with Crippen molar-refractivity contribution in [3.8, 4) is 23.7 Å². The van der Waals surface area contributed by atoms with Gasteiger partial charge >= 0.3 is 0 Å². The first-order chi connectivity index (χ1) is 8.50. The Kier molecular flexibility index (Phi) is 3.41. The van der Waals surface area contributed by atoms with Gasteiger partial charge in [0.05, 0.1) is 5.41 Å². The fourth-order valence-electron chi connectivity index (χ4n) is 1.97. The van der Waals surface area contributed by atoms with Gasteiger partial charge < -0.3 is 5.11 Å². The quantitative estimate of drug-likeness (QED) is 0.519. The highest BCUT2D eigenvalue weighted by molar-refractivity contribution is 6.00. The number of carbonyl (C=O) groups is 1. The Bertz CT molecular complexity index is 553. The average molecular weight is 240 g/mol. The van der Waals surface area contributed by atoms with Crippen LogP contribution in [0.4, 0.5) is 0 Å². The van der Waals surface area contributed by atoms with E-state index in [1.54, 1.807) is 19.9 Å². The summed E-state index contributed by atoms with van der Waals surface area (Å²) >= 11 is 0. The molecule has 18 heavy (non-hydrogen) atoms. The lowest BCUT2D eigenvalue weighted by molar-refractivity contribution is -0.125. The number of aliphatic hydroxyl groups excluding tert-OH is 1. The third-order valence-corrected chi connectivity index (χ3v) is 3.24. The zero-order chi connectivity index (χ0) is 13.2. The number of hydrogen-bond acceptors (Lipinski definition) is 2. The fourth-order valence-corrected chi connectivity index (χ4v) is 1.97. The highest BCUT2D eigenvalue weighted by Crippen LogP contribution is 2.26. The normalized spacial score (nSPS) is 28.4. The predicted octanol–water partition coefficient (Wildman–Crippen LogP) is 2.00. The van der Waals surface area contributed by atoms with Crippen LogP contribution in [0.5, 0.6) is 0 Å². The van der Waals surface area contributed by atoms with Crippen LogP contribution in [-0.4, -0.2) is 17.0 Å². The van der Waals surface area contributed by atoms with Gasteiger partial charge in [0.25, 0.3) is 0 Å². The van der Waals surface area contributed by atoms with Crippen molar-refractivity contribution in [1.82, 2.24) is 0 Å². The molecule has 0 aromatic heterocycles. The second-order valence-corrected chi connectivity index (χ2v) is 5.19. The number of hydrogen-bond donors (Lipinski definition) is 1. The third-order valence-electron chi connectivity index (χ3n) is 3.24.